The van der Waals surface area contributed by atoms with Crippen molar-refractivity contribution in [2.45, 2.75) is 6.42 Å². The molecule has 3 heterocycles. The Bertz CT molecular complexity index is 1120. The Morgan fingerprint density at radius 2 is 2.06 bits per heavy atom. The van der Waals surface area contributed by atoms with Crippen molar-refractivity contribution in [3.05, 3.63) is 71.5 Å². The first-order valence-electron chi connectivity index (χ1n) is 10.9. The van der Waals surface area contributed by atoms with E-state index in [1.807, 2.05) is 30.3 Å². The normalized spacial score (nSPS) is 13.6. The lowest BCUT2D eigenvalue weighted by Gasteiger charge is -2.28. The number of morpholine rings is 1. The quantitative estimate of drug-likeness (QED) is 0.291. The number of hydrogen-bond acceptors (Lipinski definition) is 10. The Morgan fingerprint density at radius 1 is 1.18 bits per heavy atom. The average molecular weight is 463 g/mol. The summed E-state index contributed by atoms with van der Waals surface area (Å²) in [5.41, 5.74) is 5.06. The van der Waals surface area contributed by atoms with Gasteiger partial charge in [0.1, 0.15) is 5.82 Å². The van der Waals surface area contributed by atoms with Crippen LogP contribution in [0.15, 0.2) is 59.8 Å². The maximum atomic E-state index is 11.7. The minimum atomic E-state index is -0.401. The van der Waals surface area contributed by atoms with Gasteiger partial charge in [-0.15, -0.1) is 0 Å². The largest absolute Gasteiger partial charge is 0.465 e. The summed E-state index contributed by atoms with van der Waals surface area (Å²) >= 11 is 0. The fraction of sp³-hybridized carbons (Fsp3) is 0.292. The van der Waals surface area contributed by atoms with Crippen molar-refractivity contribution in [2.75, 3.05) is 50.3 Å². The molecule has 176 valence electrons. The third kappa shape index (κ3) is 6.48. The zero-order valence-corrected chi connectivity index (χ0v) is 18.9. The number of anilines is 2. The monoisotopic (exact) mass is 462 g/mol. The number of rotatable bonds is 9. The number of methoxy groups -OCH3 is 1. The van der Waals surface area contributed by atoms with Crippen LogP contribution in [0.25, 0.3) is 0 Å². The number of carbonyl (C=O) groups is 1. The fourth-order valence-corrected chi connectivity index (χ4v) is 3.32. The summed E-state index contributed by atoms with van der Waals surface area (Å²) in [5, 5.41) is 4.27. The van der Waals surface area contributed by atoms with E-state index in [1.165, 1.54) is 7.11 Å². The van der Waals surface area contributed by atoms with Gasteiger partial charge in [0.05, 0.1) is 38.7 Å². The van der Waals surface area contributed by atoms with Crippen LogP contribution in [0.5, 0.6) is 6.01 Å². The molecule has 0 unspecified atom stereocenters. The minimum absolute atomic E-state index is 0.255. The molecule has 0 spiro atoms. The highest BCUT2D eigenvalue weighted by molar-refractivity contribution is 5.92. The molecule has 0 radical (unpaired) electrons. The Morgan fingerprint density at radius 3 is 2.85 bits per heavy atom. The number of pyridine rings is 1. The zero-order chi connectivity index (χ0) is 23.6. The lowest BCUT2D eigenvalue weighted by molar-refractivity contribution is 0.0600. The summed E-state index contributed by atoms with van der Waals surface area (Å²) in [6.07, 6.45) is 4.00. The van der Waals surface area contributed by atoms with E-state index < -0.39 is 5.97 Å². The van der Waals surface area contributed by atoms with Gasteiger partial charge >= 0.3 is 12.0 Å². The van der Waals surface area contributed by atoms with Gasteiger partial charge in [0.25, 0.3) is 0 Å². The number of nitrogens with one attached hydrogen (secondary N) is 1. The number of hydrazone groups is 1. The Balaban J connectivity index is 1.47. The van der Waals surface area contributed by atoms with E-state index >= 15 is 0 Å². The number of hydrogen-bond donors (Lipinski definition) is 1. The van der Waals surface area contributed by atoms with Crippen LogP contribution in [0.3, 0.4) is 0 Å². The molecule has 0 amide bonds. The summed E-state index contributed by atoms with van der Waals surface area (Å²) in [5.74, 6) is 0.822. The van der Waals surface area contributed by atoms with Gasteiger partial charge in [-0.1, -0.05) is 18.2 Å². The Kier molecular flexibility index (Phi) is 7.96. The number of ether oxygens (including phenoxy) is 3. The molecule has 1 aliphatic heterocycles. The molecule has 1 fully saturated rings. The molecule has 0 bridgehead atoms. The van der Waals surface area contributed by atoms with Gasteiger partial charge in [0.15, 0.2) is 5.82 Å². The number of esters is 1. The molecule has 0 atom stereocenters. The fourth-order valence-electron chi connectivity index (χ4n) is 3.32. The number of nitrogens with zero attached hydrogens (tertiary/aromatic N) is 5. The maximum absolute atomic E-state index is 11.7. The van der Waals surface area contributed by atoms with Gasteiger partial charge in [-0.3, -0.25) is 10.4 Å². The van der Waals surface area contributed by atoms with Crippen molar-refractivity contribution in [3.63, 3.8) is 0 Å². The minimum Gasteiger partial charge on any atom is -0.465 e. The van der Waals surface area contributed by atoms with Crippen LogP contribution in [0, 0.1) is 0 Å². The van der Waals surface area contributed by atoms with Gasteiger partial charge in [-0.2, -0.15) is 15.1 Å². The van der Waals surface area contributed by atoms with Crippen LogP contribution in [0.2, 0.25) is 0 Å². The lowest BCUT2D eigenvalue weighted by atomic mass is 10.1. The van der Waals surface area contributed by atoms with Gasteiger partial charge in [-0.05, 0) is 29.8 Å². The molecule has 34 heavy (non-hydrogen) atoms. The van der Waals surface area contributed by atoms with E-state index in [-0.39, 0.29) is 6.01 Å². The molecule has 3 aromatic rings. The zero-order valence-electron chi connectivity index (χ0n) is 18.9. The second kappa shape index (κ2) is 11.7. The SMILES string of the molecule is COC(=O)c1cccc(C=NNc2cc(N3CCOCC3)nc(OCCc3ccccn3)n2)c1. The number of carbonyl (C=O) groups excluding carboxylic acids is 1. The molecule has 1 aliphatic rings. The van der Waals surface area contributed by atoms with E-state index in [9.17, 15) is 4.79 Å². The van der Waals surface area contributed by atoms with Crippen molar-refractivity contribution in [3.8, 4) is 6.01 Å². The summed E-state index contributed by atoms with van der Waals surface area (Å²) < 4.78 is 16.0. The Hall–Kier alpha value is -4.05. The van der Waals surface area contributed by atoms with Gasteiger partial charge in [0.2, 0.25) is 0 Å². The van der Waals surface area contributed by atoms with Crippen LogP contribution >= 0.6 is 0 Å². The molecule has 0 saturated carbocycles. The third-order valence-electron chi connectivity index (χ3n) is 5.04. The summed E-state index contributed by atoms with van der Waals surface area (Å²) in [6, 6.07) is 14.8. The van der Waals surface area contributed by atoms with Crippen molar-refractivity contribution < 1.29 is 19.0 Å². The molecule has 0 aliphatic carbocycles. The van der Waals surface area contributed by atoms with Crippen molar-refractivity contribution in [2.24, 2.45) is 5.10 Å². The molecular formula is C24H26N6O4. The summed E-state index contributed by atoms with van der Waals surface area (Å²) in [4.78, 5) is 27.2. The first-order valence-corrected chi connectivity index (χ1v) is 10.9. The third-order valence-corrected chi connectivity index (χ3v) is 5.04. The van der Waals surface area contributed by atoms with Crippen LogP contribution in [0.4, 0.5) is 11.6 Å². The van der Waals surface area contributed by atoms with Crippen molar-refractivity contribution in [1.29, 1.82) is 0 Å². The number of benzene rings is 1. The van der Waals surface area contributed by atoms with E-state index in [1.54, 1.807) is 30.6 Å². The van der Waals surface area contributed by atoms with Gasteiger partial charge in [0, 0.05) is 37.5 Å². The van der Waals surface area contributed by atoms with Gasteiger partial charge in [-0.25, -0.2) is 4.79 Å². The molecule has 10 nitrogen and oxygen atoms in total. The summed E-state index contributed by atoms with van der Waals surface area (Å²) in [6.45, 7) is 3.13. The van der Waals surface area contributed by atoms with E-state index in [0.717, 1.165) is 30.2 Å². The average Bonchev–Trinajstić information content (AvgIpc) is 2.89. The first kappa shape index (κ1) is 23.1. The van der Waals surface area contributed by atoms with Crippen LogP contribution in [-0.2, 0) is 15.9 Å². The number of aromatic nitrogens is 3. The summed E-state index contributed by atoms with van der Waals surface area (Å²) in [7, 11) is 1.35. The maximum Gasteiger partial charge on any atom is 0.337 e. The highest BCUT2D eigenvalue weighted by Crippen LogP contribution is 2.21. The van der Waals surface area contributed by atoms with Gasteiger partial charge < -0.3 is 19.1 Å². The Labute approximate surface area is 197 Å². The second-order valence-electron chi connectivity index (χ2n) is 7.40. The molecule has 10 heteroatoms. The molecule has 4 rings (SSSR count). The van der Waals surface area contributed by atoms with Crippen LogP contribution in [-0.4, -0.2) is 67.2 Å². The van der Waals surface area contributed by atoms with E-state index in [0.29, 0.717) is 37.6 Å². The molecule has 2 aromatic heterocycles. The smallest absolute Gasteiger partial charge is 0.337 e. The van der Waals surface area contributed by atoms with E-state index in [4.69, 9.17) is 14.2 Å². The molecule has 1 saturated heterocycles. The predicted molar refractivity (Wildman–Crippen MR) is 127 cm³/mol. The molecular weight excluding hydrogens is 436 g/mol. The highest BCUT2D eigenvalue weighted by atomic mass is 16.5. The topological polar surface area (TPSA) is 111 Å². The lowest BCUT2D eigenvalue weighted by Crippen LogP contribution is -2.36. The van der Waals surface area contributed by atoms with Crippen LogP contribution in [0.1, 0.15) is 21.6 Å². The molecule has 1 aromatic carbocycles. The van der Waals surface area contributed by atoms with E-state index in [2.05, 4.69) is 30.4 Å². The second-order valence-corrected chi connectivity index (χ2v) is 7.40. The predicted octanol–water partition coefficient (Wildman–Crippen LogP) is 2.56. The van der Waals surface area contributed by atoms with Crippen molar-refractivity contribution in [1.82, 2.24) is 15.0 Å². The highest BCUT2D eigenvalue weighted by Gasteiger charge is 2.16. The van der Waals surface area contributed by atoms with Crippen LogP contribution < -0.4 is 15.1 Å². The molecule has 1 N–H and O–H groups in total. The standard InChI is InChI=1S/C24H26N6O4/c1-32-23(31)19-6-4-5-18(15-19)17-26-29-21-16-22(30-10-13-33-14-11-30)28-24(27-21)34-12-8-20-7-2-3-9-25-20/h2-7,9,15-17H,8,10-14H2,1H3,(H,27,28,29). The first-order chi connectivity index (χ1) is 16.7. The van der Waals surface area contributed by atoms with Crippen molar-refractivity contribution >= 4 is 23.8 Å².